The van der Waals surface area contributed by atoms with E-state index < -0.39 is 0 Å². The largest absolute Gasteiger partial charge is 0.488 e. The molecule has 0 aliphatic carbocycles. The average Bonchev–Trinajstić information content (AvgIpc) is 2.12. The Hall–Kier alpha value is -1.18. The number of nitrogens with two attached hydrogens (primary N) is 1. The van der Waals surface area contributed by atoms with Gasteiger partial charge >= 0.3 is 0 Å². The molecule has 1 aromatic carbocycles. The average molecular weight is 177 g/mol. The van der Waals surface area contributed by atoms with Crippen molar-refractivity contribution in [1.82, 2.24) is 0 Å². The number of ether oxygens (including phenoxy) is 1. The molecule has 1 atom stereocenters. The molecule has 0 saturated carbocycles. The van der Waals surface area contributed by atoms with Gasteiger partial charge in [0.25, 0.3) is 0 Å². The second-order valence-corrected chi connectivity index (χ2v) is 3.75. The van der Waals surface area contributed by atoms with Crippen LogP contribution in [0.15, 0.2) is 12.1 Å². The van der Waals surface area contributed by atoms with E-state index >= 15 is 0 Å². The number of anilines is 1. The zero-order chi connectivity index (χ0) is 9.42. The molecule has 1 heterocycles. The van der Waals surface area contributed by atoms with E-state index in [1.807, 2.05) is 6.07 Å². The summed E-state index contributed by atoms with van der Waals surface area (Å²) in [5, 5.41) is 0. The molecule has 0 fully saturated rings. The molecule has 0 saturated heterocycles. The van der Waals surface area contributed by atoms with Gasteiger partial charge in [-0.3, -0.25) is 0 Å². The summed E-state index contributed by atoms with van der Waals surface area (Å²) in [5.74, 6) is 0.916. The molecule has 0 amide bonds. The smallest absolute Gasteiger partial charge is 0.146 e. The van der Waals surface area contributed by atoms with Crippen molar-refractivity contribution in [3.63, 3.8) is 0 Å². The molecule has 2 heteroatoms. The molecular weight excluding hydrogens is 162 g/mol. The zero-order valence-corrected chi connectivity index (χ0v) is 8.13. The van der Waals surface area contributed by atoms with Crippen LogP contribution in [0.25, 0.3) is 0 Å². The van der Waals surface area contributed by atoms with Crippen molar-refractivity contribution >= 4 is 5.69 Å². The minimum atomic E-state index is 0.302. The lowest BCUT2D eigenvalue weighted by Crippen LogP contribution is -2.20. The van der Waals surface area contributed by atoms with Crippen LogP contribution in [-0.4, -0.2) is 6.10 Å². The van der Waals surface area contributed by atoms with Gasteiger partial charge in [-0.15, -0.1) is 0 Å². The van der Waals surface area contributed by atoms with Crippen LogP contribution >= 0.6 is 0 Å². The Balaban J connectivity index is 2.51. The van der Waals surface area contributed by atoms with Crippen molar-refractivity contribution in [2.45, 2.75) is 32.8 Å². The van der Waals surface area contributed by atoms with E-state index in [0.717, 1.165) is 24.3 Å². The van der Waals surface area contributed by atoms with Gasteiger partial charge in [0, 0.05) is 0 Å². The molecule has 1 aliphatic heterocycles. The van der Waals surface area contributed by atoms with Gasteiger partial charge in [0.2, 0.25) is 0 Å². The Morgan fingerprint density at radius 1 is 1.46 bits per heavy atom. The lowest BCUT2D eigenvalue weighted by atomic mass is 9.97. The first-order chi connectivity index (χ1) is 6.18. The number of hydrogen-bond acceptors (Lipinski definition) is 2. The number of aryl methyl sites for hydroxylation is 1. The SMILES string of the molecule is Cc1ccc(N)c2c1CCC(C)O2. The van der Waals surface area contributed by atoms with Gasteiger partial charge < -0.3 is 10.5 Å². The van der Waals surface area contributed by atoms with Crippen LogP contribution in [0.5, 0.6) is 5.75 Å². The molecule has 1 unspecified atom stereocenters. The Morgan fingerprint density at radius 2 is 2.23 bits per heavy atom. The Labute approximate surface area is 78.7 Å². The first-order valence-electron chi connectivity index (χ1n) is 4.73. The van der Waals surface area contributed by atoms with Crippen LogP contribution in [0.1, 0.15) is 24.5 Å². The summed E-state index contributed by atoms with van der Waals surface area (Å²) >= 11 is 0. The van der Waals surface area contributed by atoms with Gasteiger partial charge in [-0.1, -0.05) is 6.07 Å². The molecule has 1 aromatic rings. The van der Waals surface area contributed by atoms with Crippen molar-refractivity contribution in [1.29, 1.82) is 0 Å². The normalized spacial score (nSPS) is 20.6. The Kier molecular flexibility index (Phi) is 1.91. The lowest BCUT2D eigenvalue weighted by molar-refractivity contribution is 0.193. The maximum absolute atomic E-state index is 5.85. The maximum Gasteiger partial charge on any atom is 0.146 e. The van der Waals surface area contributed by atoms with Crippen molar-refractivity contribution in [3.05, 3.63) is 23.3 Å². The topological polar surface area (TPSA) is 35.2 Å². The van der Waals surface area contributed by atoms with E-state index in [-0.39, 0.29) is 0 Å². The number of benzene rings is 1. The second kappa shape index (κ2) is 2.95. The molecule has 0 aromatic heterocycles. The van der Waals surface area contributed by atoms with Crippen LogP contribution < -0.4 is 10.5 Å². The fraction of sp³-hybridized carbons (Fsp3) is 0.455. The summed E-state index contributed by atoms with van der Waals surface area (Å²) < 4.78 is 5.72. The van der Waals surface area contributed by atoms with Gasteiger partial charge in [0.05, 0.1) is 11.8 Å². The lowest BCUT2D eigenvalue weighted by Gasteiger charge is -2.25. The third kappa shape index (κ3) is 1.37. The molecule has 70 valence electrons. The third-order valence-corrected chi connectivity index (χ3v) is 2.65. The van der Waals surface area contributed by atoms with Crippen molar-refractivity contribution < 1.29 is 4.74 Å². The minimum Gasteiger partial charge on any atom is -0.488 e. The monoisotopic (exact) mass is 177 g/mol. The fourth-order valence-corrected chi connectivity index (χ4v) is 1.80. The van der Waals surface area contributed by atoms with Gasteiger partial charge in [-0.05, 0) is 43.9 Å². The van der Waals surface area contributed by atoms with E-state index in [0.29, 0.717) is 6.10 Å². The summed E-state index contributed by atoms with van der Waals surface area (Å²) in [6, 6.07) is 3.99. The molecular formula is C11H15NO. The number of rotatable bonds is 0. The van der Waals surface area contributed by atoms with E-state index in [1.165, 1.54) is 11.1 Å². The van der Waals surface area contributed by atoms with Gasteiger partial charge in [0.15, 0.2) is 0 Å². The van der Waals surface area contributed by atoms with Crippen LogP contribution in [0.3, 0.4) is 0 Å². The summed E-state index contributed by atoms with van der Waals surface area (Å²) in [6.07, 6.45) is 2.49. The molecule has 2 N–H and O–H groups in total. The summed E-state index contributed by atoms with van der Waals surface area (Å²) in [6.45, 7) is 4.20. The number of hydrogen-bond donors (Lipinski definition) is 1. The minimum absolute atomic E-state index is 0.302. The van der Waals surface area contributed by atoms with Crippen molar-refractivity contribution in [3.8, 4) is 5.75 Å². The summed E-state index contributed by atoms with van der Waals surface area (Å²) in [5.41, 5.74) is 9.20. The van der Waals surface area contributed by atoms with E-state index in [4.69, 9.17) is 10.5 Å². The Morgan fingerprint density at radius 3 is 3.00 bits per heavy atom. The second-order valence-electron chi connectivity index (χ2n) is 3.75. The van der Waals surface area contributed by atoms with Crippen LogP contribution in [0, 0.1) is 6.92 Å². The fourth-order valence-electron chi connectivity index (χ4n) is 1.80. The molecule has 13 heavy (non-hydrogen) atoms. The van der Waals surface area contributed by atoms with Crippen LogP contribution in [-0.2, 0) is 6.42 Å². The predicted octanol–water partition coefficient (Wildman–Crippen LogP) is 2.29. The highest BCUT2D eigenvalue weighted by Gasteiger charge is 2.19. The Bertz CT molecular complexity index is 333. The highest BCUT2D eigenvalue weighted by Crippen LogP contribution is 2.35. The molecule has 1 aliphatic rings. The zero-order valence-electron chi connectivity index (χ0n) is 8.13. The third-order valence-electron chi connectivity index (χ3n) is 2.65. The number of fused-ring (bicyclic) bond motifs is 1. The predicted molar refractivity (Wildman–Crippen MR) is 54.0 cm³/mol. The maximum atomic E-state index is 5.85. The number of nitrogen functional groups attached to an aromatic ring is 1. The summed E-state index contributed by atoms with van der Waals surface area (Å²) in [7, 11) is 0. The molecule has 0 spiro atoms. The van der Waals surface area contributed by atoms with E-state index in [9.17, 15) is 0 Å². The van der Waals surface area contributed by atoms with Gasteiger partial charge in [-0.25, -0.2) is 0 Å². The highest BCUT2D eigenvalue weighted by molar-refractivity contribution is 5.60. The highest BCUT2D eigenvalue weighted by atomic mass is 16.5. The first kappa shape index (κ1) is 8.42. The van der Waals surface area contributed by atoms with Gasteiger partial charge in [0.1, 0.15) is 5.75 Å². The van der Waals surface area contributed by atoms with E-state index in [1.54, 1.807) is 0 Å². The summed E-state index contributed by atoms with van der Waals surface area (Å²) in [4.78, 5) is 0. The first-order valence-corrected chi connectivity index (χ1v) is 4.73. The standard InChI is InChI=1S/C11H15NO/c1-7-3-6-10(12)11-9(7)5-4-8(2)13-11/h3,6,8H,4-5,12H2,1-2H3. The molecule has 2 rings (SSSR count). The van der Waals surface area contributed by atoms with Crippen molar-refractivity contribution in [2.24, 2.45) is 0 Å². The van der Waals surface area contributed by atoms with Crippen molar-refractivity contribution in [2.75, 3.05) is 5.73 Å². The molecule has 0 bridgehead atoms. The molecule has 0 radical (unpaired) electrons. The quantitative estimate of drug-likeness (QED) is 0.617. The van der Waals surface area contributed by atoms with Crippen LogP contribution in [0.2, 0.25) is 0 Å². The molecule has 2 nitrogen and oxygen atoms in total. The van der Waals surface area contributed by atoms with E-state index in [2.05, 4.69) is 19.9 Å². The van der Waals surface area contributed by atoms with Gasteiger partial charge in [-0.2, -0.15) is 0 Å². The van der Waals surface area contributed by atoms with Crippen LogP contribution in [0.4, 0.5) is 5.69 Å².